The fourth-order valence-electron chi connectivity index (χ4n) is 3.92. The maximum atomic E-state index is 13.3. The lowest BCUT2D eigenvalue weighted by molar-refractivity contribution is -0.136. The first-order valence-corrected chi connectivity index (χ1v) is 9.42. The molecule has 1 aliphatic carbocycles. The molecule has 0 bridgehead atoms. The molecule has 2 fully saturated rings. The summed E-state index contributed by atoms with van der Waals surface area (Å²) in [5.74, 6) is 0.818. The van der Waals surface area contributed by atoms with E-state index in [-0.39, 0.29) is 17.4 Å². The molecule has 1 atom stereocenters. The van der Waals surface area contributed by atoms with Crippen LogP contribution in [0.2, 0.25) is 0 Å². The van der Waals surface area contributed by atoms with Crippen LogP contribution in [0.15, 0.2) is 36.1 Å². The van der Waals surface area contributed by atoms with Crippen LogP contribution in [0, 0.1) is 0 Å². The lowest BCUT2D eigenvalue weighted by Gasteiger charge is -2.31. The Morgan fingerprint density at radius 3 is 2.92 bits per heavy atom. The normalized spacial score (nSPS) is 22.7. The monoisotopic (exact) mass is 343 g/mol. The van der Waals surface area contributed by atoms with E-state index in [1.165, 1.54) is 4.88 Å². The van der Waals surface area contributed by atoms with Crippen LogP contribution in [0.1, 0.15) is 37.0 Å². The van der Waals surface area contributed by atoms with E-state index in [9.17, 15) is 4.79 Å². The Balaban J connectivity index is 1.47. The quantitative estimate of drug-likeness (QED) is 0.856. The van der Waals surface area contributed by atoms with Crippen LogP contribution >= 0.6 is 11.3 Å². The third-order valence-electron chi connectivity index (χ3n) is 5.12. The predicted octanol–water partition coefficient (Wildman–Crippen LogP) is 3.03. The molecular formula is C18H21N3O2S. The minimum Gasteiger partial charge on any atom is -0.471 e. The van der Waals surface area contributed by atoms with Gasteiger partial charge < -0.3 is 9.64 Å². The second kappa shape index (κ2) is 6.51. The van der Waals surface area contributed by atoms with Gasteiger partial charge in [0.15, 0.2) is 0 Å². The second-order valence-corrected chi connectivity index (χ2v) is 7.54. The Kier molecular flexibility index (Phi) is 4.22. The van der Waals surface area contributed by atoms with Crippen molar-refractivity contribution in [2.24, 2.45) is 0 Å². The van der Waals surface area contributed by atoms with Crippen LogP contribution in [-0.4, -0.2) is 40.0 Å². The number of aromatic nitrogens is 2. The number of carbonyl (C=O) groups is 1. The number of carbonyl (C=O) groups excluding carboxylic acids is 1. The molecule has 0 N–H and O–H groups in total. The number of nitrogens with zero attached hydrogens (tertiary/aromatic N) is 3. The maximum Gasteiger partial charge on any atom is 0.234 e. The third-order valence-corrected chi connectivity index (χ3v) is 6.19. The fourth-order valence-corrected chi connectivity index (χ4v) is 4.90. The molecule has 126 valence electrons. The van der Waals surface area contributed by atoms with E-state index >= 15 is 0 Å². The zero-order valence-electron chi connectivity index (χ0n) is 13.6. The van der Waals surface area contributed by atoms with Crippen LogP contribution in [0.4, 0.5) is 0 Å². The van der Waals surface area contributed by atoms with Gasteiger partial charge in [0, 0.05) is 30.2 Å². The van der Waals surface area contributed by atoms with Gasteiger partial charge in [0.05, 0.1) is 18.2 Å². The van der Waals surface area contributed by atoms with Crippen LogP contribution in [-0.2, 0) is 10.2 Å². The summed E-state index contributed by atoms with van der Waals surface area (Å²) >= 11 is 1.71. The molecule has 0 spiro atoms. The van der Waals surface area contributed by atoms with Gasteiger partial charge in [-0.3, -0.25) is 9.78 Å². The molecule has 2 aromatic heterocycles. The second-order valence-electron chi connectivity index (χ2n) is 6.59. The molecule has 4 rings (SSSR count). The first-order valence-electron chi connectivity index (χ1n) is 8.54. The fraction of sp³-hybridized carbons (Fsp3) is 0.500. The summed E-state index contributed by atoms with van der Waals surface area (Å²) in [6.45, 7) is 1.40. The van der Waals surface area contributed by atoms with E-state index in [0.717, 1.165) is 38.6 Å². The molecule has 24 heavy (non-hydrogen) atoms. The highest BCUT2D eigenvalue weighted by Gasteiger charge is 2.47. The molecular weight excluding hydrogens is 322 g/mol. The maximum absolute atomic E-state index is 13.3. The van der Waals surface area contributed by atoms with Crippen molar-refractivity contribution in [3.63, 3.8) is 0 Å². The van der Waals surface area contributed by atoms with Gasteiger partial charge in [0.25, 0.3) is 0 Å². The van der Waals surface area contributed by atoms with Crippen molar-refractivity contribution in [3.05, 3.63) is 41.0 Å². The summed E-state index contributed by atoms with van der Waals surface area (Å²) in [5, 5.41) is 2.08. The van der Waals surface area contributed by atoms with Gasteiger partial charge in [-0.1, -0.05) is 18.9 Å². The molecule has 2 aliphatic rings. The van der Waals surface area contributed by atoms with E-state index in [1.54, 1.807) is 29.9 Å². The molecule has 1 aliphatic heterocycles. The van der Waals surface area contributed by atoms with Gasteiger partial charge >= 0.3 is 0 Å². The number of thiophene rings is 1. The standard InChI is InChI=1S/C18H21N3O2S/c22-17(18(6-1-2-7-18)15-4-3-11-24-15)21-10-5-14(13-21)23-16-12-19-8-9-20-16/h3-4,8-9,11-12,14H,1-2,5-7,10,13H2/t14-/m1/s1. The van der Waals surface area contributed by atoms with E-state index in [0.29, 0.717) is 12.4 Å². The van der Waals surface area contributed by atoms with Gasteiger partial charge in [-0.15, -0.1) is 11.3 Å². The van der Waals surface area contributed by atoms with E-state index < -0.39 is 0 Å². The van der Waals surface area contributed by atoms with Crippen molar-refractivity contribution >= 4 is 17.2 Å². The molecule has 1 saturated carbocycles. The van der Waals surface area contributed by atoms with E-state index in [4.69, 9.17) is 4.74 Å². The van der Waals surface area contributed by atoms with Crippen molar-refractivity contribution in [3.8, 4) is 5.88 Å². The SMILES string of the molecule is O=C(N1CC[C@@H](Oc2cnccn2)C1)C1(c2cccs2)CCCC1. The van der Waals surface area contributed by atoms with Crippen LogP contribution in [0.5, 0.6) is 5.88 Å². The van der Waals surface area contributed by atoms with Gasteiger partial charge in [0.2, 0.25) is 11.8 Å². The number of hydrogen-bond donors (Lipinski definition) is 0. The summed E-state index contributed by atoms with van der Waals surface area (Å²) in [6, 6.07) is 4.18. The van der Waals surface area contributed by atoms with Gasteiger partial charge in [-0.05, 0) is 24.3 Å². The Hall–Kier alpha value is -1.95. The lowest BCUT2D eigenvalue weighted by Crippen LogP contribution is -2.44. The topological polar surface area (TPSA) is 55.3 Å². The number of ether oxygens (including phenoxy) is 1. The molecule has 0 unspecified atom stereocenters. The summed E-state index contributed by atoms with van der Waals surface area (Å²) in [4.78, 5) is 24.7. The minimum atomic E-state index is -0.296. The highest BCUT2D eigenvalue weighted by atomic mass is 32.1. The van der Waals surface area contributed by atoms with Crippen LogP contribution in [0.3, 0.4) is 0 Å². The molecule has 3 heterocycles. The number of amides is 1. The Morgan fingerprint density at radius 1 is 1.33 bits per heavy atom. The molecule has 1 saturated heterocycles. The van der Waals surface area contributed by atoms with Gasteiger partial charge in [-0.25, -0.2) is 4.98 Å². The summed E-state index contributed by atoms with van der Waals surface area (Å²) < 4.78 is 5.88. The molecule has 5 nitrogen and oxygen atoms in total. The van der Waals surface area contributed by atoms with Crippen molar-refractivity contribution in [2.75, 3.05) is 13.1 Å². The molecule has 2 aromatic rings. The van der Waals surface area contributed by atoms with Crippen molar-refractivity contribution in [1.29, 1.82) is 0 Å². The highest BCUT2D eigenvalue weighted by Crippen LogP contribution is 2.45. The van der Waals surface area contributed by atoms with E-state index in [2.05, 4.69) is 27.5 Å². The molecule has 0 aromatic carbocycles. The van der Waals surface area contributed by atoms with Crippen molar-refractivity contribution < 1.29 is 9.53 Å². The van der Waals surface area contributed by atoms with E-state index in [1.807, 2.05) is 4.90 Å². The average molecular weight is 343 g/mol. The lowest BCUT2D eigenvalue weighted by atomic mass is 9.83. The van der Waals surface area contributed by atoms with Gasteiger partial charge in [-0.2, -0.15) is 0 Å². The smallest absolute Gasteiger partial charge is 0.234 e. The Bertz CT molecular complexity index is 684. The first kappa shape index (κ1) is 15.6. The molecule has 0 radical (unpaired) electrons. The summed E-state index contributed by atoms with van der Waals surface area (Å²) in [5.41, 5.74) is -0.296. The van der Waals surface area contributed by atoms with Crippen molar-refractivity contribution in [1.82, 2.24) is 14.9 Å². The minimum absolute atomic E-state index is 0.00689. The number of rotatable bonds is 4. The number of likely N-dealkylation sites (tertiary alicyclic amines) is 1. The number of hydrogen-bond acceptors (Lipinski definition) is 5. The summed E-state index contributed by atoms with van der Waals surface area (Å²) in [6.07, 6.45) is 9.94. The molecule has 6 heteroatoms. The predicted molar refractivity (Wildman–Crippen MR) is 92.1 cm³/mol. The average Bonchev–Trinajstić information content (AvgIpc) is 3.36. The van der Waals surface area contributed by atoms with Crippen LogP contribution in [0.25, 0.3) is 0 Å². The highest BCUT2D eigenvalue weighted by molar-refractivity contribution is 7.10. The largest absolute Gasteiger partial charge is 0.471 e. The molecule has 1 amide bonds. The first-order chi connectivity index (χ1) is 11.8. The summed E-state index contributed by atoms with van der Waals surface area (Å²) in [7, 11) is 0. The van der Waals surface area contributed by atoms with Gasteiger partial charge in [0.1, 0.15) is 6.10 Å². The Morgan fingerprint density at radius 2 is 2.21 bits per heavy atom. The van der Waals surface area contributed by atoms with Crippen molar-refractivity contribution in [2.45, 2.75) is 43.6 Å². The van der Waals surface area contributed by atoms with Crippen LogP contribution < -0.4 is 4.74 Å². The Labute approximate surface area is 145 Å². The third kappa shape index (κ3) is 2.79. The zero-order chi connectivity index (χ0) is 16.4. The zero-order valence-corrected chi connectivity index (χ0v) is 14.4.